The number of imide groups is 1. The third kappa shape index (κ3) is 5.51. The van der Waals surface area contributed by atoms with Gasteiger partial charge in [0.2, 0.25) is 5.91 Å². The molecule has 0 spiro atoms. The van der Waals surface area contributed by atoms with E-state index in [1.54, 1.807) is 47.3 Å². The first-order valence-corrected chi connectivity index (χ1v) is 12.3. The highest BCUT2D eigenvalue weighted by Gasteiger charge is 2.34. The molecule has 176 valence electrons. The van der Waals surface area contributed by atoms with Crippen LogP contribution in [0.1, 0.15) is 52.0 Å². The zero-order chi connectivity index (χ0) is 24.2. The normalized spacial score (nSPS) is 12.9. The number of nitrogens with one attached hydrogen (secondary N) is 1. The Morgan fingerprint density at radius 3 is 2.38 bits per heavy atom. The molecule has 2 heterocycles. The molecular formula is C24H21BrCl2N4O3. The molecule has 1 aromatic heterocycles. The van der Waals surface area contributed by atoms with Crippen LogP contribution in [0.5, 0.6) is 0 Å². The quantitative estimate of drug-likeness (QED) is 0.263. The van der Waals surface area contributed by atoms with Gasteiger partial charge in [0, 0.05) is 29.2 Å². The van der Waals surface area contributed by atoms with Crippen molar-refractivity contribution in [2.24, 2.45) is 0 Å². The molecule has 2 aromatic carbocycles. The summed E-state index contributed by atoms with van der Waals surface area (Å²) in [7, 11) is 0. The van der Waals surface area contributed by atoms with E-state index in [4.69, 9.17) is 23.2 Å². The maximum atomic E-state index is 12.4. The molecule has 0 fully saturated rings. The lowest BCUT2D eigenvalue weighted by Gasteiger charge is -2.13. The number of carbonyl (C=O) groups is 3. The first-order chi connectivity index (χ1) is 16.3. The van der Waals surface area contributed by atoms with Crippen molar-refractivity contribution in [3.05, 3.63) is 79.9 Å². The molecule has 7 nitrogen and oxygen atoms in total. The number of hydrogen-bond acceptors (Lipinski definition) is 4. The van der Waals surface area contributed by atoms with Gasteiger partial charge in [-0.15, -0.1) is 0 Å². The molecule has 0 saturated carbocycles. The lowest BCUT2D eigenvalue weighted by molar-refractivity contribution is -0.116. The number of anilines is 1. The molecule has 34 heavy (non-hydrogen) atoms. The lowest BCUT2D eigenvalue weighted by atomic mass is 10.1. The molecule has 0 saturated heterocycles. The molecule has 1 aliphatic heterocycles. The molecule has 1 aliphatic rings. The molecule has 0 bridgehead atoms. The summed E-state index contributed by atoms with van der Waals surface area (Å²) in [6.07, 6.45) is 4.06. The Labute approximate surface area is 215 Å². The fraction of sp³-hybridized carbons (Fsp3) is 0.250. The van der Waals surface area contributed by atoms with Crippen LogP contribution in [0, 0.1) is 0 Å². The summed E-state index contributed by atoms with van der Waals surface area (Å²) in [4.78, 5) is 38.4. The van der Waals surface area contributed by atoms with Gasteiger partial charge in [-0.3, -0.25) is 24.0 Å². The number of amides is 3. The first kappa shape index (κ1) is 24.4. The van der Waals surface area contributed by atoms with Crippen molar-refractivity contribution in [1.29, 1.82) is 0 Å². The van der Waals surface area contributed by atoms with Crippen molar-refractivity contribution in [2.75, 3.05) is 11.9 Å². The third-order valence-corrected chi connectivity index (χ3v) is 6.65. The molecule has 3 amide bonds. The second kappa shape index (κ2) is 10.7. The van der Waals surface area contributed by atoms with Gasteiger partial charge in [-0.25, -0.2) is 0 Å². The summed E-state index contributed by atoms with van der Waals surface area (Å²) in [5.74, 6) is -0.227. The predicted octanol–water partition coefficient (Wildman–Crippen LogP) is 5.80. The molecule has 4 rings (SSSR count). The molecule has 0 unspecified atom stereocenters. The van der Waals surface area contributed by atoms with Gasteiger partial charge in [0.05, 0.1) is 22.1 Å². The topological polar surface area (TPSA) is 84.3 Å². The predicted molar refractivity (Wildman–Crippen MR) is 134 cm³/mol. The number of hydrogen-bond donors (Lipinski definition) is 1. The third-order valence-electron chi connectivity index (χ3n) is 5.49. The largest absolute Gasteiger partial charge is 0.308 e. The van der Waals surface area contributed by atoms with Gasteiger partial charge >= 0.3 is 0 Å². The van der Waals surface area contributed by atoms with Crippen molar-refractivity contribution in [1.82, 2.24) is 14.7 Å². The number of rotatable bonds is 9. The van der Waals surface area contributed by atoms with Crippen LogP contribution in [-0.4, -0.2) is 38.9 Å². The van der Waals surface area contributed by atoms with Gasteiger partial charge in [-0.2, -0.15) is 5.10 Å². The van der Waals surface area contributed by atoms with Gasteiger partial charge in [0.15, 0.2) is 5.82 Å². The lowest BCUT2D eigenvalue weighted by Crippen LogP contribution is -2.30. The van der Waals surface area contributed by atoms with Crippen molar-refractivity contribution >= 4 is 62.7 Å². The zero-order valence-corrected chi connectivity index (χ0v) is 21.2. The summed E-state index contributed by atoms with van der Waals surface area (Å²) in [6.45, 7) is 0.777. The summed E-state index contributed by atoms with van der Waals surface area (Å²) in [5, 5.41) is 8.32. The van der Waals surface area contributed by atoms with E-state index in [-0.39, 0.29) is 17.7 Å². The smallest absolute Gasteiger partial charge is 0.261 e. The number of halogens is 3. The molecule has 0 aliphatic carbocycles. The Morgan fingerprint density at radius 2 is 1.71 bits per heavy atom. The van der Waals surface area contributed by atoms with Crippen LogP contribution in [0.4, 0.5) is 5.82 Å². The van der Waals surface area contributed by atoms with Crippen LogP contribution in [0.2, 0.25) is 10.0 Å². The Hall–Kier alpha value is -2.68. The highest BCUT2D eigenvalue weighted by atomic mass is 79.9. The Bertz CT molecular complexity index is 1230. The van der Waals surface area contributed by atoms with Crippen molar-refractivity contribution in [3.8, 4) is 0 Å². The Balaban J connectivity index is 1.21. The SMILES string of the molecule is O=C(CCCCCN1C(=O)c2ccccc2C1=O)Nc1nn(Cc2ccc(Cl)cc2Cl)cc1Br. The fourth-order valence-electron chi connectivity index (χ4n) is 3.76. The number of benzene rings is 2. The minimum Gasteiger partial charge on any atom is -0.308 e. The number of aromatic nitrogens is 2. The van der Waals surface area contributed by atoms with Gasteiger partial charge in [0.25, 0.3) is 11.8 Å². The van der Waals surface area contributed by atoms with Crippen molar-refractivity contribution in [3.63, 3.8) is 0 Å². The van der Waals surface area contributed by atoms with E-state index in [1.807, 2.05) is 6.07 Å². The summed E-state index contributed by atoms with van der Waals surface area (Å²) in [5.41, 5.74) is 1.77. The van der Waals surface area contributed by atoms with Crippen LogP contribution >= 0.6 is 39.1 Å². The summed E-state index contributed by atoms with van der Waals surface area (Å²) in [6, 6.07) is 12.1. The van der Waals surface area contributed by atoms with E-state index < -0.39 is 0 Å². The van der Waals surface area contributed by atoms with E-state index in [0.29, 0.717) is 70.2 Å². The Morgan fingerprint density at radius 1 is 1.00 bits per heavy atom. The van der Waals surface area contributed by atoms with E-state index in [1.165, 1.54) is 4.90 Å². The standard InChI is InChI=1S/C24H21BrCl2N4O3/c25-19-14-30(13-15-9-10-16(26)12-20(15)27)29-22(19)28-21(32)8-2-1-5-11-31-23(33)17-6-3-4-7-18(17)24(31)34/h3-4,6-7,9-10,12,14H,1-2,5,8,11,13H2,(H,28,29,32). The maximum Gasteiger partial charge on any atom is 0.261 e. The summed E-state index contributed by atoms with van der Waals surface area (Å²) < 4.78 is 2.34. The minimum atomic E-state index is -0.251. The number of unbranched alkanes of at least 4 members (excludes halogenated alkanes) is 2. The van der Waals surface area contributed by atoms with Crippen LogP contribution in [0.25, 0.3) is 0 Å². The number of fused-ring (bicyclic) bond motifs is 1. The highest BCUT2D eigenvalue weighted by molar-refractivity contribution is 9.10. The highest BCUT2D eigenvalue weighted by Crippen LogP contribution is 2.25. The van der Waals surface area contributed by atoms with Gasteiger partial charge < -0.3 is 5.32 Å². The molecule has 10 heteroatoms. The van der Waals surface area contributed by atoms with E-state index in [2.05, 4.69) is 26.3 Å². The fourth-order valence-corrected chi connectivity index (χ4v) is 4.64. The van der Waals surface area contributed by atoms with E-state index >= 15 is 0 Å². The van der Waals surface area contributed by atoms with Crippen LogP contribution in [0.15, 0.2) is 53.1 Å². The summed E-state index contributed by atoms with van der Waals surface area (Å²) >= 11 is 15.6. The van der Waals surface area contributed by atoms with Gasteiger partial charge in [0.1, 0.15) is 0 Å². The average molecular weight is 564 g/mol. The average Bonchev–Trinajstić information content (AvgIpc) is 3.26. The molecule has 1 N–H and O–H groups in total. The second-order valence-corrected chi connectivity index (χ2v) is 9.62. The van der Waals surface area contributed by atoms with E-state index in [9.17, 15) is 14.4 Å². The zero-order valence-electron chi connectivity index (χ0n) is 18.1. The van der Waals surface area contributed by atoms with Crippen LogP contribution < -0.4 is 5.32 Å². The molecule has 0 atom stereocenters. The Kier molecular flexibility index (Phi) is 7.70. The van der Waals surface area contributed by atoms with Crippen LogP contribution in [0.3, 0.4) is 0 Å². The van der Waals surface area contributed by atoms with Crippen molar-refractivity contribution < 1.29 is 14.4 Å². The van der Waals surface area contributed by atoms with Gasteiger partial charge in [-0.1, -0.05) is 47.8 Å². The second-order valence-electron chi connectivity index (χ2n) is 7.93. The molecular weight excluding hydrogens is 543 g/mol. The van der Waals surface area contributed by atoms with Crippen molar-refractivity contribution in [2.45, 2.75) is 32.2 Å². The molecule has 0 radical (unpaired) electrons. The maximum absolute atomic E-state index is 12.4. The first-order valence-electron chi connectivity index (χ1n) is 10.8. The van der Waals surface area contributed by atoms with E-state index in [0.717, 1.165) is 5.56 Å². The molecule has 3 aromatic rings. The number of nitrogens with zero attached hydrogens (tertiary/aromatic N) is 3. The minimum absolute atomic E-state index is 0.156. The number of carbonyl (C=O) groups excluding carboxylic acids is 3. The van der Waals surface area contributed by atoms with Crippen LogP contribution in [-0.2, 0) is 11.3 Å². The monoisotopic (exact) mass is 562 g/mol. The van der Waals surface area contributed by atoms with Gasteiger partial charge in [-0.05, 0) is 58.6 Å².